The van der Waals surface area contributed by atoms with Crippen molar-refractivity contribution in [2.24, 2.45) is 11.7 Å². The van der Waals surface area contributed by atoms with Crippen molar-refractivity contribution < 1.29 is 0 Å². The van der Waals surface area contributed by atoms with E-state index in [1.54, 1.807) is 0 Å². The molecule has 2 aliphatic rings. The van der Waals surface area contributed by atoms with Gasteiger partial charge in [-0.2, -0.15) is 0 Å². The van der Waals surface area contributed by atoms with Crippen molar-refractivity contribution in [3.05, 3.63) is 30.1 Å². The quantitative estimate of drug-likeness (QED) is 0.650. The Kier molecular flexibility index (Phi) is 2.63. The lowest BCUT2D eigenvalue weighted by molar-refractivity contribution is 0.273. The molecule has 1 aromatic heterocycles. The third-order valence-electron chi connectivity index (χ3n) is 3.87. The molecule has 0 aromatic carbocycles. The molecule has 2 fully saturated rings. The predicted molar refractivity (Wildman–Crippen MR) is 62.4 cm³/mol. The minimum absolute atomic E-state index is 0.285. The van der Waals surface area contributed by atoms with Gasteiger partial charge in [-0.3, -0.25) is 10.4 Å². The minimum atomic E-state index is 0.285. The number of pyridine rings is 1. The van der Waals surface area contributed by atoms with Crippen LogP contribution in [0.3, 0.4) is 0 Å². The number of fused-ring (bicyclic) bond motifs is 1. The number of nitrogens with two attached hydrogens (primary N) is 1. The maximum absolute atomic E-state index is 6.14. The first-order valence-corrected chi connectivity index (χ1v) is 6.03. The highest BCUT2D eigenvalue weighted by Crippen LogP contribution is 2.36. The molecule has 3 rings (SSSR count). The van der Waals surface area contributed by atoms with Crippen molar-refractivity contribution in [3.63, 3.8) is 0 Å². The Morgan fingerprint density at radius 2 is 2.25 bits per heavy atom. The lowest BCUT2D eigenvalue weighted by atomic mass is 9.77. The summed E-state index contributed by atoms with van der Waals surface area (Å²) >= 11 is 0. The Labute approximate surface area is 95.6 Å². The normalized spacial score (nSPS) is 38.3. The molecule has 86 valence electrons. The maximum Gasteiger partial charge on any atom is 0.0521 e. The Morgan fingerprint density at radius 1 is 1.31 bits per heavy atom. The van der Waals surface area contributed by atoms with Crippen LogP contribution < -0.4 is 16.6 Å². The van der Waals surface area contributed by atoms with Crippen molar-refractivity contribution in [1.29, 1.82) is 0 Å². The molecule has 4 unspecified atom stereocenters. The van der Waals surface area contributed by atoms with Gasteiger partial charge in [-0.15, -0.1) is 0 Å². The van der Waals surface area contributed by atoms with Gasteiger partial charge in [0.2, 0.25) is 0 Å². The highest BCUT2D eigenvalue weighted by atomic mass is 15.4. The molecule has 0 bridgehead atoms. The van der Waals surface area contributed by atoms with Crippen LogP contribution in [0.2, 0.25) is 0 Å². The van der Waals surface area contributed by atoms with Gasteiger partial charge in [0.15, 0.2) is 0 Å². The molecule has 1 aliphatic heterocycles. The van der Waals surface area contributed by atoms with Crippen LogP contribution in [0, 0.1) is 5.92 Å². The first kappa shape index (κ1) is 10.2. The molecule has 1 aromatic rings. The molecule has 2 heterocycles. The molecule has 16 heavy (non-hydrogen) atoms. The topological polar surface area (TPSA) is 63.0 Å². The summed E-state index contributed by atoms with van der Waals surface area (Å²) in [6, 6.07) is 5.19. The smallest absolute Gasteiger partial charge is 0.0521 e. The zero-order chi connectivity index (χ0) is 11.0. The van der Waals surface area contributed by atoms with Crippen molar-refractivity contribution in [2.75, 3.05) is 0 Å². The lowest BCUT2D eigenvalue weighted by Gasteiger charge is -2.32. The monoisotopic (exact) mass is 218 g/mol. The SMILES string of the molecule is NC1CCCC2C(c3cccnc3)NNC12. The second kappa shape index (κ2) is 4.13. The molecule has 1 aliphatic carbocycles. The van der Waals surface area contributed by atoms with Crippen molar-refractivity contribution in [1.82, 2.24) is 15.8 Å². The van der Waals surface area contributed by atoms with Crippen LogP contribution in [-0.2, 0) is 0 Å². The fraction of sp³-hybridized carbons (Fsp3) is 0.583. The van der Waals surface area contributed by atoms with Crippen LogP contribution >= 0.6 is 0 Å². The van der Waals surface area contributed by atoms with E-state index in [0.717, 1.165) is 6.42 Å². The van der Waals surface area contributed by atoms with Crippen LogP contribution in [0.25, 0.3) is 0 Å². The van der Waals surface area contributed by atoms with Gasteiger partial charge in [0.05, 0.1) is 6.04 Å². The first-order chi connectivity index (χ1) is 7.86. The van der Waals surface area contributed by atoms with Crippen LogP contribution in [0.4, 0.5) is 0 Å². The van der Waals surface area contributed by atoms with E-state index in [0.29, 0.717) is 18.0 Å². The molecule has 0 radical (unpaired) electrons. The molecular formula is C12H18N4. The molecule has 1 saturated heterocycles. The maximum atomic E-state index is 6.14. The summed E-state index contributed by atoms with van der Waals surface area (Å²) in [7, 11) is 0. The summed E-state index contributed by atoms with van der Waals surface area (Å²) in [5.74, 6) is 0.605. The largest absolute Gasteiger partial charge is 0.326 e. The number of nitrogens with zero attached hydrogens (tertiary/aromatic N) is 1. The number of hydrogen-bond donors (Lipinski definition) is 3. The second-order valence-electron chi connectivity index (χ2n) is 4.84. The van der Waals surface area contributed by atoms with Gasteiger partial charge in [-0.1, -0.05) is 12.5 Å². The van der Waals surface area contributed by atoms with Gasteiger partial charge in [0.25, 0.3) is 0 Å². The van der Waals surface area contributed by atoms with E-state index in [1.165, 1.54) is 18.4 Å². The molecule has 4 nitrogen and oxygen atoms in total. The minimum Gasteiger partial charge on any atom is -0.326 e. The highest BCUT2D eigenvalue weighted by Gasteiger charge is 2.41. The summed E-state index contributed by atoms with van der Waals surface area (Å²) in [6.45, 7) is 0. The van der Waals surface area contributed by atoms with Crippen molar-refractivity contribution in [2.45, 2.75) is 37.4 Å². The number of hydrogen-bond acceptors (Lipinski definition) is 4. The van der Waals surface area contributed by atoms with Crippen LogP contribution in [0.1, 0.15) is 30.9 Å². The van der Waals surface area contributed by atoms with Gasteiger partial charge in [0, 0.05) is 24.5 Å². The molecule has 4 atom stereocenters. The Balaban J connectivity index is 1.83. The zero-order valence-electron chi connectivity index (χ0n) is 9.26. The predicted octanol–water partition coefficient (Wildman–Crippen LogP) is 0.726. The van der Waals surface area contributed by atoms with Crippen LogP contribution in [0.5, 0.6) is 0 Å². The standard InChI is InChI=1S/C12H18N4/c13-10-5-1-4-9-11(15-16-12(9)10)8-3-2-6-14-7-8/h2-3,6-7,9-12,15-16H,1,4-5,13H2. The molecule has 0 amide bonds. The average molecular weight is 218 g/mol. The summed E-state index contributed by atoms with van der Waals surface area (Å²) in [5.41, 5.74) is 14.1. The molecular weight excluding hydrogens is 200 g/mol. The molecule has 0 spiro atoms. The molecule has 4 heteroatoms. The number of aromatic nitrogens is 1. The van der Waals surface area contributed by atoms with Gasteiger partial charge in [-0.05, 0) is 30.4 Å². The van der Waals surface area contributed by atoms with Crippen molar-refractivity contribution >= 4 is 0 Å². The first-order valence-electron chi connectivity index (χ1n) is 6.03. The Bertz CT molecular complexity index is 353. The van der Waals surface area contributed by atoms with Gasteiger partial charge >= 0.3 is 0 Å². The van der Waals surface area contributed by atoms with Crippen LogP contribution in [0.15, 0.2) is 24.5 Å². The van der Waals surface area contributed by atoms with E-state index in [2.05, 4.69) is 21.9 Å². The molecule has 4 N–H and O–H groups in total. The van der Waals surface area contributed by atoms with E-state index < -0.39 is 0 Å². The highest BCUT2D eigenvalue weighted by molar-refractivity contribution is 5.18. The number of rotatable bonds is 1. The van der Waals surface area contributed by atoms with Crippen LogP contribution in [-0.4, -0.2) is 17.1 Å². The van der Waals surface area contributed by atoms with Gasteiger partial charge in [-0.25, -0.2) is 5.43 Å². The summed E-state index contributed by atoms with van der Waals surface area (Å²) in [4.78, 5) is 4.19. The Hall–Kier alpha value is -0.970. The fourth-order valence-electron chi connectivity index (χ4n) is 3.04. The molecule has 1 saturated carbocycles. The van der Waals surface area contributed by atoms with E-state index in [4.69, 9.17) is 5.73 Å². The van der Waals surface area contributed by atoms with E-state index in [1.807, 2.05) is 18.5 Å². The van der Waals surface area contributed by atoms with Gasteiger partial charge < -0.3 is 5.73 Å². The average Bonchev–Trinajstić information content (AvgIpc) is 2.75. The zero-order valence-corrected chi connectivity index (χ0v) is 9.26. The van der Waals surface area contributed by atoms with Gasteiger partial charge in [0.1, 0.15) is 0 Å². The lowest BCUT2D eigenvalue weighted by Crippen LogP contribution is -2.48. The fourth-order valence-corrected chi connectivity index (χ4v) is 3.04. The van der Waals surface area contributed by atoms with E-state index in [-0.39, 0.29) is 6.04 Å². The van der Waals surface area contributed by atoms with E-state index >= 15 is 0 Å². The van der Waals surface area contributed by atoms with Crippen molar-refractivity contribution in [3.8, 4) is 0 Å². The number of hydrazine groups is 1. The third-order valence-corrected chi connectivity index (χ3v) is 3.87. The number of nitrogens with one attached hydrogen (secondary N) is 2. The summed E-state index contributed by atoms with van der Waals surface area (Å²) in [5, 5.41) is 0. The second-order valence-corrected chi connectivity index (χ2v) is 4.84. The van der Waals surface area contributed by atoms with E-state index in [9.17, 15) is 0 Å². The summed E-state index contributed by atoms with van der Waals surface area (Å²) in [6.07, 6.45) is 7.38. The summed E-state index contributed by atoms with van der Waals surface area (Å²) < 4.78 is 0. The third kappa shape index (κ3) is 1.63. The Morgan fingerprint density at radius 3 is 3.06 bits per heavy atom.